The first-order valence-corrected chi connectivity index (χ1v) is 7.49. The molecular formula is C13H17ClN2O3S. The summed E-state index contributed by atoms with van der Waals surface area (Å²) in [7, 11) is 1.28. The van der Waals surface area contributed by atoms with Gasteiger partial charge in [-0.1, -0.05) is 29.8 Å². The molecule has 7 heteroatoms. The number of halogens is 1. The Balaban J connectivity index is 2.24. The first-order chi connectivity index (χ1) is 9.54. The second-order valence-corrected chi connectivity index (χ2v) is 5.45. The first kappa shape index (κ1) is 16.8. The van der Waals surface area contributed by atoms with Crippen LogP contribution in [-0.4, -0.2) is 36.5 Å². The molecule has 0 saturated heterocycles. The SMILES string of the molecule is COC(=O)C(N)CSCC(=O)NCc1ccccc1Cl. The van der Waals surface area contributed by atoms with Crippen molar-refractivity contribution in [3.63, 3.8) is 0 Å². The van der Waals surface area contributed by atoms with Gasteiger partial charge in [0.1, 0.15) is 6.04 Å². The first-order valence-electron chi connectivity index (χ1n) is 5.96. The molecule has 20 heavy (non-hydrogen) atoms. The predicted molar refractivity (Wildman–Crippen MR) is 80.6 cm³/mol. The number of benzene rings is 1. The molecule has 3 N–H and O–H groups in total. The van der Waals surface area contributed by atoms with E-state index in [0.717, 1.165) is 5.56 Å². The monoisotopic (exact) mass is 316 g/mol. The minimum absolute atomic E-state index is 0.132. The summed E-state index contributed by atoms with van der Waals surface area (Å²) in [6.07, 6.45) is 0. The lowest BCUT2D eigenvalue weighted by atomic mass is 10.2. The number of thioether (sulfide) groups is 1. The van der Waals surface area contributed by atoms with Crippen LogP contribution < -0.4 is 11.1 Å². The van der Waals surface area contributed by atoms with Gasteiger partial charge in [-0.25, -0.2) is 0 Å². The number of esters is 1. The third kappa shape index (κ3) is 5.81. The van der Waals surface area contributed by atoms with Crippen molar-refractivity contribution < 1.29 is 14.3 Å². The van der Waals surface area contributed by atoms with E-state index in [4.69, 9.17) is 17.3 Å². The van der Waals surface area contributed by atoms with Crippen molar-refractivity contribution in [3.8, 4) is 0 Å². The van der Waals surface area contributed by atoms with E-state index in [9.17, 15) is 9.59 Å². The molecule has 0 aliphatic heterocycles. The number of carbonyl (C=O) groups is 2. The lowest BCUT2D eigenvalue weighted by Crippen LogP contribution is -2.34. The molecule has 110 valence electrons. The Labute approximate surface area is 127 Å². The van der Waals surface area contributed by atoms with E-state index in [1.807, 2.05) is 18.2 Å². The van der Waals surface area contributed by atoms with E-state index in [2.05, 4.69) is 10.1 Å². The van der Waals surface area contributed by atoms with Crippen molar-refractivity contribution in [2.24, 2.45) is 5.73 Å². The van der Waals surface area contributed by atoms with Gasteiger partial charge in [-0.05, 0) is 11.6 Å². The Kier molecular flexibility index (Phi) is 7.43. The van der Waals surface area contributed by atoms with Crippen molar-refractivity contribution in [2.75, 3.05) is 18.6 Å². The minimum atomic E-state index is -0.707. The Morgan fingerprint density at radius 3 is 2.80 bits per heavy atom. The summed E-state index contributed by atoms with van der Waals surface area (Å²) in [6, 6.07) is 6.60. The van der Waals surface area contributed by atoms with Gasteiger partial charge in [-0.2, -0.15) is 0 Å². The highest BCUT2D eigenvalue weighted by molar-refractivity contribution is 8.00. The molecule has 1 amide bonds. The number of methoxy groups -OCH3 is 1. The molecule has 0 aliphatic rings. The number of hydrogen-bond acceptors (Lipinski definition) is 5. The van der Waals surface area contributed by atoms with Gasteiger partial charge in [-0.15, -0.1) is 11.8 Å². The maximum atomic E-state index is 11.6. The van der Waals surface area contributed by atoms with Crippen molar-refractivity contribution in [2.45, 2.75) is 12.6 Å². The molecule has 0 bridgehead atoms. The largest absolute Gasteiger partial charge is 0.468 e. The summed E-state index contributed by atoms with van der Waals surface area (Å²) in [4.78, 5) is 22.7. The maximum absolute atomic E-state index is 11.6. The molecule has 0 spiro atoms. The standard InChI is InChI=1S/C13H17ClN2O3S/c1-19-13(18)11(15)7-20-8-12(17)16-6-9-4-2-3-5-10(9)14/h2-5,11H,6-8,15H2,1H3,(H,16,17). The van der Waals surface area contributed by atoms with Crippen LogP contribution in [-0.2, 0) is 20.9 Å². The van der Waals surface area contributed by atoms with Gasteiger partial charge in [0.25, 0.3) is 0 Å². The lowest BCUT2D eigenvalue weighted by Gasteiger charge is -2.09. The number of nitrogens with one attached hydrogen (secondary N) is 1. The minimum Gasteiger partial charge on any atom is -0.468 e. The van der Waals surface area contributed by atoms with E-state index < -0.39 is 12.0 Å². The van der Waals surface area contributed by atoms with Gasteiger partial charge in [0, 0.05) is 17.3 Å². The van der Waals surface area contributed by atoms with Crippen molar-refractivity contribution in [1.29, 1.82) is 0 Å². The third-order valence-corrected chi connectivity index (χ3v) is 3.90. The fraction of sp³-hybridized carbons (Fsp3) is 0.385. The van der Waals surface area contributed by atoms with E-state index in [1.165, 1.54) is 18.9 Å². The Bertz CT molecular complexity index is 471. The van der Waals surface area contributed by atoms with Gasteiger partial charge >= 0.3 is 5.97 Å². The summed E-state index contributed by atoms with van der Waals surface area (Å²) < 4.78 is 4.50. The lowest BCUT2D eigenvalue weighted by molar-refractivity contribution is -0.141. The Morgan fingerprint density at radius 2 is 2.15 bits per heavy atom. The van der Waals surface area contributed by atoms with Gasteiger partial charge in [-0.3, -0.25) is 9.59 Å². The van der Waals surface area contributed by atoms with Crippen molar-refractivity contribution >= 4 is 35.2 Å². The van der Waals surface area contributed by atoms with E-state index in [1.54, 1.807) is 6.07 Å². The highest BCUT2D eigenvalue weighted by Crippen LogP contribution is 2.14. The summed E-state index contributed by atoms with van der Waals surface area (Å²) in [5.74, 6) is -0.0395. The molecule has 1 aromatic carbocycles. The summed E-state index contributed by atoms with van der Waals surface area (Å²) >= 11 is 7.26. The predicted octanol–water partition coefficient (Wildman–Crippen LogP) is 1.19. The molecule has 0 fully saturated rings. The molecule has 1 rings (SSSR count). The molecule has 5 nitrogen and oxygen atoms in total. The zero-order valence-electron chi connectivity index (χ0n) is 11.1. The van der Waals surface area contributed by atoms with Crippen LogP contribution in [0.15, 0.2) is 24.3 Å². The quantitative estimate of drug-likeness (QED) is 0.739. The van der Waals surface area contributed by atoms with Crippen LogP contribution >= 0.6 is 23.4 Å². The van der Waals surface area contributed by atoms with Crippen LogP contribution in [0.4, 0.5) is 0 Å². The fourth-order valence-corrected chi connectivity index (χ4v) is 2.38. The Hall–Kier alpha value is -1.24. The van der Waals surface area contributed by atoms with Gasteiger partial charge in [0.05, 0.1) is 12.9 Å². The molecular weight excluding hydrogens is 300 g/mol. The van der Waals surface area contributed by atoms with Gasteiger partial charge < -0.3 is 15.8 Å². The van der Waals surface area contributed by atoms with Crippen molar-refractivity contribution in [3.05, 3.63) is 34.9 Å². The zero-order valence-corrected chi connectivity index (χ0v) is 12.7. The van der Waals surface area contributed by atoms with Crippen LogP contribution in [0.25, 0.3) is 0 Å². The van der Waals surface area contributed by atoms with Gasteiger partial charge in [0.2, 0.25) is 5.91 Å². The highest BCUT2D eigenvalue weighted by atomic mass is 35.5. The molecule has 1 atom stereocenters. The molecule has 0 radical (unpaired) electrons. The third-order valence-electron chi connectivity index (χ3n) is 2.47. The number of rotatable bonds is 7. The van der Waals surface area contributed by atoms with E-state index in [-0.39, 0.29) is 11.7 Å². The molecule has 1 unspecified atom stereocenters. The molecule has 1 aromatic rings. The molecule has 0 aliphatic carbocycles. The summed E-state index contributed by atoms with van der Waals surface area (Å²) in [6.45, 7) is 0.377. The normalized spacial score (nSPS) is 11.8. The fourth-order valence-electron chi connectivity index (χ4n) is 1.38. The van der Waals surface area contributed by atoms with Crippen LogP contribution in [0.3, 0.4) is 0 Å². The zero-order chi connectivity index (χ0) is 15.0. The Morgan fingerprint density at radius 1 is 1.45 bits per heavy atom. The second-order valence-electron chi connectivity index (χ2n) is 4.01. The topological polar surface area (TPSA) is 81.4 Å². The summed E-state index contributed by atoms with van der Waals surface area (Å²) in [5.41, 5.74) is 6.41. The number of ether oxygens (including phenoxy) is 1. The maximum Gasteiger partial charge on any atom is 0.323 e. The average Bonchev–Trinajstić information content (AvgIpc) is 2.45. The van der Waals surface area contributed by atoms with Gasteiger partial charge in [0.15, 0.2) is 0 Å². The number of amides is 1. The van der Waals surface area contributed by atoms with Crippen LogP contribution in [0.1, 0.15) is 5.56 Å². The summed E-state index contributed by atoms with van der Waals surface area (Å²) in [5, 5.41) is 3.37. The molecule has 0 heterocycles. The van der Waals surface area contributed by atoms with Crippen LogP contribution in [0.5, 0.6) is 0 Å². The number of hydrogen-bond donors (Lipinski definition) is 2. The van der Waals surface area contributed by atoms with E-state index >= 15 is 0 Å². The van der Waals surface area contributed by atoms with Crippen LogP contribution in [0, 0.1) is 0 Å². The second kappa shape index (κ2) is 8.84. The highest BCUT2D eigenvalue weighted by Gasteiger charge is 2.14. The molecule has 0 aromatic heterocycles. The molecule has 0 saturated carbocycles. The number of carbonyl (C=O) groups excluding carboxylic acids is 2. The van der Waals surface area contributed by atoms with E-state index in [0.29, 0.717) is 17.3 Å². The van der Waals surface area contributed by atoms with Crippen molar-refractivity contribution in [1.82, 2.24) is 5.32 Å². The number of nitrogens with two attached hydrogens (primary N) is 1. The van der Waals surface area contributed by atoms with Crippen LogP contribution in [0.2, 0.25) is 5.02 Å². The smallest absolute Gasteiger partial charge is 0.323 e. The average molecular weight is 317 g/mol.